The molecule has 3 nitrogen and oxygen atoms in total. The summed E-state index contributed by atoms with van der Waals surface area (Å²) in [4.78, 5) is 13.3. The van der Waals surface area contributed by atoms with Crippen LogP contribution >= 0.6 is 11.3 Å². The quantitative estimate of drug-likeness (QED) is 0.819. The molecule has 0 bridgehead atoms. The number of carbonyl (C=O) groups is 1. The van der Waals surface area contributed by atoms with Crippen molar-refractivity contribution < 1.29 is 4.79 Å². The standard InChI is InChI=1S/C14H20N2OS/c1-16-13(17)11-9-4-7-14(5-2-3-6-14)8-10(9)18-12(11)15/h2-8,15H2,1H3,(H,16,17). The number of nitrogens with two attached hydrogens (primary N) is 1. The highest BCUT2D eigenvalue weighted by molar-refractivity contribution is 7.16. The Kier molecular flexibility index (Phi) is 2.85. The first kappa shape index (κ1) is 12.0. The smallest absolute Gasteiger partial charge is 0.254 e. The maximum Gasteiger partial charge on any atom is 0.254 e. The van der Waals surface area contributed by atoms with Crippen molar-refractivity contribution >= 4 is 22.2 Å². The van der Waals surface area contributed by atoms with Crippen LogP contribution in [0.2, 0.25) is 0 Å². The fourth-order valence-electron chi connectivity index (χ4n) is 3.69. The minimum absolute atomic E-state index is 0.0210. The van der Waals surface area contributed by atoms with Crippen molar-refractivity contribution in [1.29, 1.82) is 0 Å². The molecule has 0 aliphatic heterocycles. The molecule has 3 N–H and O–H groups in total. The molecule has 1 spiro atoms. The lowest BCUT2D eigenvalue weighted by molar-refractivity contribution is 0.0962. The Morgan fingerprint density at radius 2 is 2.06 bits per heavy atom. The van der Waals surface area contributed by atoms with Gasteiger partial charge in [0.1, 0.15) is 0 Å². The fraction of sp³-hybridized carbons (Fsp3) is 0.643. The topological polar surface area (TPSA) is 55.1 Å². The lowest BCUT2D eigenvalue weighted by atomic mass is 9.72. The largest absolute Gasteiger partial charge is 0.390 e. The van der Waals surface area contributed by atoms with Gasteiger partial charge in [-0.05, 0) is 43.1 Å². The summed E-state index contributed by atoms with van der Waals surface area (Å²) in [5.41, 5.74) is 8.56. The SMILES string of the molecule is CNC(=O)c1c(N)sc2c1CCC1(CCCC1)C2. The number of carbonyl (C=O) groups excluding carboxylic acids is 1. The Morgan fingerprint density at radius 3 is 2.72 bits per heavy atom. The molecule has 0 radical (unpaired) electrons. The minimum atomic E-state index is -0.0210. The normalized spacial score (nSPS) is 20.9. The van der Waals surface area contributed by atoms with Crippen molar-refractivity contribution in [2.24, 2.45) is 5.41 Å². The van der Waals surface area contributed by atoms with E-state index in [1.54, 1.807) is 18.4 Å². The van der Waals surface area contributed by atoms with Crippen LogP contribution in [0.25, 0.3) is 0 Å². The number of fused-ring (bicyclic) bond motifs is 1. The third-order valence-corrected chi connectivity index (χ3v) is 5.74. The highest BCUT2D eigenvalue weighted by atomic mass is 32.1. The lowest BCUT2D eigenvalue weighted by Gasteiger charge is -2.33. The Hall–Kier alpha value is -1.03. The number of amides is 1. The van der Waals surface area contributed by atoms with E-state index in [0.717, 1.165) is 18.4 Å². The third-order valence-electron chi connectivity index (χ3n) is 4.68. The van der Waals surface area contributed by atoms with Gasteiger partial charge >= 0.3 is 0 Å². The first-order chi connectivity index (χ1) is 8.65. The summed E-state index contributed by atoms with van der Waals surface area (Å²) in [6, 6.07) is 0. The second-order valence-electron chi connectivity index (χ2n) is 5.71. The van der Waals surface area contributed by atoms with Gasteiger partial charge in [0.2, 0.25) is 0 Å². The molecule has 1 amide bonds. The summed E-state index contributed by atoms with van der Waals surface area (Å²) in [5, 5.41) is 3.41. The van der Waals surface area contributed by atoms with E-state index < -0.39 is 0 Å². The van der Waals surface area contributed by atoms with Crippen molar-refractivity contribution in [1.82, 2.24) is 5.32 Å². The second kappa shape index (κ2) is 4.26. The van der Waals surface area contributed by atoms with Crippen LogP contribution in [0.1, 0.15) is 52.9 Å². The van der Waals surface area contributed by atoms with Crippen LogP contribution in [0, 0.1) is 5.41 Å². The monoisotopic (exact) mass is 264 g/mol. The molecule has 18 heavy (non-hydrogen) atoms. The highest BCUT2D eigenvalue weighted by Crippen LogP contribution is 2.50. The molecule has 1 aromatic rings. The van der Waals surface area contributed by atoms with Gasteiger partial charge in [0, 0.05) is 11.9 Å². The van der Waals surface area contributed by atoms with Crippen molar-refractivity contribution in [2.75, 3.05) is 12.8 Å². The van der Waals surface area contributed by atoms with Gasteiger partial charge in [-0.1, -0.05) is 12.8 Å². The molecule has 2 aliphatic carbocycles. The van der Waals surface area contributed by atoms with Crippen LogP contribution < -0.4 is 11.1 Å². The van der Waals surface area contributed by atoms with Crippen LogP contribution in [0.3, 0.4) is 0 Å². The lowest BCUT2D eigenvalue weighted by Crippen LogP contribution is -2.27. The maximum absolute atomic E-state index is 11.9. The molecule has 0 saturated heterocycles. The van der Waals surface area contributed by atoms with Crippen molar-refractivity contribution in [3.05, 3.63) is 16.0 Å². The van der Waals surface area contributed by atoms with E-state index in [2.05, 4.69) is 5.32 Å². The molecule has 4 heteroatoms. The maximum atomic E-state index is 11.9. The second-order valence-corrected chi connectivity index (χ2v) is 6.84. The van der Waals surface area contributed by atoms with Gasteiger partial charge in [0.05, 0.1) is 10.6 Å². The molecule has 98 valence electrons. The van der Waals surface area contributed by atoms with E-state index in [-0.39, 0.29) is 5.91 Å². The van der Waals surface area contributed by atoms with Gasteiger partial charge in [0.15, 0.2) is 0 Å². The van der Waals surface area contributed by atoms with Gasteiger partial charge in [-0.2, -0.15) is 0 Å². The van der Waals surface area contributed by atoms with Crippen LogP contribution in [0.5, 0.6) is 0 Å². The Labute approximate surface area is 112 Å². The number of rotatable bonds is 1. The number of hydrogen-bond acceptors (Lipinski definition) is 3. The summed E-state index contributed by atoms with van der Waals surface area (Å²) in [6.45, 7) is 0. The highest BCUT2D eigenvalue weighted by Gasteiger charge is 2.39. The Bertz CT molecular complexity index is 486. The summed E-state index contributed by atoms with van der Waals surface area (Å²) in [7, 11) is 1.67. The third kappa shape index (κ3) is 1.74. The molecule has 3 rings (SSSR count). The number of hydrogen-bond donors (Lipinski definition) is 2. The zero-order chi connectivity index (χ0) is 12.8. The number of nitrogens with one attached hydrogen (secondary N) is 1. The summed E-state index contributed by atoms with van der Waals surface area (Å²) in [6.07, 6.45) is 8.89. The summed E-state index contributed by atoms with van der Waals surface area (Å²) >= 11 is 1.64. The van der Waals surface area contributed by atoms with E-state index in [9.17, 15) is 4.79 Å². The average Bonchev–Trinajstić information content (AvgIpc) is 2.92. The molecule has 0 unspecified atom stereocenters. The minimum Gasteiger partial charge on any atom is -0.390 e. The van der Waals surface area contributed by atoms with E-state index in [4.69, 9.17) is 5.73 Å². The first-order valence-electron chi connectivity index (χ1n) is 6.77. The molecule has 0 atom stereocenters. The molecular weight excluding hydrogens is 244 g/mol. The molecule has 1 fully saturated rings. The first-order valence-corrected chi connectivity index (χ1v) is 7.59. The van der Waals surface area contributed by atoms with Gasteiger partial charge < -0.3 is 11.1 Å². The molecule has 1 aromatic heterocycles. The zero-order valence-corrected chi connectivity index (χ0v) is 11.7. The molecule has 1 heterocycles. The Balaban J connectivity index is 1.96. The van der Waals surface area contributed by atoms with Crippen molar-refractivity contribution in [3.63, 3.8) is 0 Å². The molecule has 0 aromatic carbocycles. The van der Waals surface area contributed by atoms with Crippen LogP contribution in [-0.2, 0) is 12.8 Å². The zero-order valence-electron chi connectivity index (χ0n) is 10.8. The van der Waals surface area contributed by atoms with Gasteiger partial charge in [-0.15, -0.1) is 11.3 Å². The number of thiophene rings is 1. The van der Waals surface area contributed by atoms with E-state index >= 15 is 0 Å². The molecule has 1 saturated carbocycles. The van der Waals surface area contributed by atoms with E-state index in [0.29, 0.717) is 10.4 Å². The summed E-state index contributed by atoms with van der Waals surface area (Å²) in [5.74, 6) is -0.0210. The predicted molar refractivity (Wildman–Crippen MR) is 75.0 cm³/mol. The average molecular weight is 264 g/mol. The van der Waals surface area contributed by atoms with E-state index in [1.165, 1.54) is 42.5 Å². The predicted octanol–water partition coefficient (Wildman–Crippen LogP) is 2.74. The Morgan fingerprint density at radius 1 is 1.33 bits per heavy atom. The van der Waals surface area contributed by atoms with Gasteiger partial charge in [-0.3, -0.25) is 4.79 Å². The van der Waals surface area contributed by atoms with Crippen LogP contribution in [0.4, 0.5) is 5.00 Å². The summed E-state index contributed by atoms with van der Waals surface area (Å²) < 4.78 is 0. The number of anilines is 1. The van der Waals surface area contributed by atoms with Crippen LogP contribution in [0.15, 0.2) is 0 Å². The molecular formula is C14H20N2OS. The van der Waals surface area contributed by atoms with E-state index in [1.807, 2.05) is 0 Å². The van der Waals surface area contributed by atoms with Crippen molar-refractivity contribution in [3.8, 4) is 0 Å². The van der Waals surface area contributed by atoms with Crippen LogP contribution in [-0.4, -0.2) is 13.0 Å². The number of nitrogen functional groups attached to an aromatic ring is 1. The molecule has 2 aliphatic rings. The van der Waals surface area contributed by atoms with Gasteiger partial charge in [-0.25, -0.2) is 0 Å². The van der Waals surface area contributed by atoms with Gasteiger partial charge in [0.25, 0.3) is 5.91 Å². The fourth-order valence-corrected chi connectivity index (χ4v) is 4.97. The van der Waals surface area contributed by atoms with Crippen molar-refractivity contribution in [2.45, 2.75) is 44.9 Å².